The Bertz CT molecular complexity index is 566. The van der Waals surface area contributed by atoms with Gasteiger partial charge in [-0.1, -0.05) is 20.3 Å². The van der Waals surface area contributed by atoms with E-state index in [-0.39, 0.29) is 18.1 Å². The van der Waals surface area contributed by atoms with E-state index in [1.165, 1.54) is 11.8 Å². The number of hydrogen-bond acceptors (Lipinski definition) is 8. The van der Waals surface area contributed by atoms with Crippen LogP contribution in [0.1, 0.15) is 26.7 Å². The smallest absolute Gasteiger partial charge is 0.326 e. The van der Waals surface area contributed by atoms with Gasteiger partial charge in [-0.3, -0.25) is 14.4 Å². The van der Waals surface area contributed by atoms with Crippen molar-refractivity contribution < 1.29 is 29.4 Å². The van der Waals surface area contributed by atoms with Crippen molar-refractivity contribution in [3.05, 3.63) is 0 Å². The number of thioether (sulfide) groups is 1. The second-order valence-corrected chi connectivity index (χ2v) is 7.93. The molecule has 0 aliphatic rings. The third-order valence-corrected chi connectivity index (χ3v) is 5.43. The van der Waals surface area contributed by atoms with Crippen molar-refractivity contribution >= 4 is 48.1 Å². The molecule has 0 aromatic carbocycles. The summed E-state index contributed by atoms with van der Waals surface area (Å²) in [5.41, 5.74) is 5.84. The van der Waals surface area contributed by atoms with E-state index in [2.05, 4.69) is 28.6 Å². The maximum absolute atomic E-state index is 12.4. The lowest BCUT2D eigenvalue weighted by atomic mass is 9.99. The molecule has 0 saturated heterocycles. The number of nitrogens with one attached hydrogen (secondary N) is 3. The van der Waals surface area contributed by atoms with E-state index < -0.39 is 54.5 Å². The molecule has 0 fully saturated rings. The van der Waals surface area contributed by atoms with Crippen LogP contribution in [-0.2, 0) is 19.2 Å². The van der Waals surface area contributed by atoms with Gasteiger partial charge in [0, 0.05) is 5.75 Å². The molecule has 0 saturated carbocycles. The van der Waals surface area contributed by atoms with Crippen molar-refractivity contribution in [3.63, 3.8) is 0 Å². The maximum Gasteiger partial charge on any atom is 0.326 e. The monoisotopic (exact) mass is 452 g/mol. The second kappa shape index (κ2) is 14.5. The zero-order valence-corrected chi connectivity index (χ0v) is 18.6. The number of aliphatic hydroxyl groups excluding tert-OH is 1. The highest BCUT2D eigenvalue weighted by molar-refractivity contribution is 7.98. The Labute approximate surface area is 180 Å². The van der Waals surface area contributed by atoms with Gasteiger partial charge in [0.1, 0.15) is 18.1 Å². The Morgan fingerprint density at radius 3 is 2.00 bits per heavy atom. The third kappa shape index (κ3) is 9.70. The summed E-state index contributed by atoms with van der Waals surface area (Å²) in [6.07, 6.45) is 2.67. The van der Waals surface area contributed by atoms with Gasteiger partial charge in [0.25, 0.3) is 0 Å². The van der Waals surface area contributed by atoms with Crippen LogP contribution in [-0.4, -0.2) is 82.4 Å². The highest BCUT2D eigenvalue weighted by Crippen LogP contribution is 2.06. The van der Waals surface area contributed by atoms with Crippen LogP contribution in [0.25, 0.3) is 0 Å². The summed E-state index contributed by atoms with van der Waals surface area (Å²) in [6.45, 7) is 2.95. The predicted octanol–water partition coefficient (Wildman–Crippen LogP) is -1.43. The largest absolute Gasteiger partial charge is 0.480 e. The summed E-state index contributed by atoms with van der Waals surface area (Å²) in [5, 5.41) is 25.7. The van der Waals surface area contributed by atoms with Crippen LogP contribution in [0.5, 0.6) is 0 Å². The zero-order chi connectivity index (χ0) is 22.6. The number of nitrogens with two attached hydrogens (primary N) is 1. The Balaban J connectivity index is 4.98. The van der Waals surface area contributed by atoms with Gasteiger partial charge in [0.2, 0.25) is 17.7 Å². The molecule has 0 heterocycles. The highest BCUT2D eigenvalue weighted by Gasteiger charge is 2.30. The maximum atomic E-state index is 12.4. The molecule has 0 radical (unpaired) electrons. The van der Waals surface area contributed by atoms with Crippen LogP contribution >= 0.6 is 24.4 Å². The minimum absolute atomic E-state index is 0.0595. The molecule has 0 aliphatic carbocycles. The van der Waals surface area contributed by atoms with Crippen molar-refractivity contribution in [2.45, 2.75) is 50.9 Å². The average molecular weight is 453 g/mol. The number of carbonyl (C=O) groups excluding carboxylic acids is 3. The first kappa shape index (κ1) is 27.5. The lowest BCUT2D eigenvalue weighted by molar-refractivity contribution is -0.142. The van der Waals surface area contributed by atoms with Crippen molar-refractivity contribution in [1.82, 2.24) is 16.0 Å². The van der Waals surface area contributed by atoms with Crippen molar-refractivity contribution in [3.8, 4) is 0 Å². The lowest BCUT2D eigenvalue weighted by Gasteiger charge is -2.24. The molecule has 0 aromatic rings. The van der Waals surface area contributed by atoms with Gasteiger partial charge < -0.3 is 31.9 Å². The van der Waals surface area contributed by atoms with Gasteiger partial charge in [0.15, 0.2) is 0 Å². The normalized spacial score (nSPS) is 16.1. The summed E-state index contributed by atoms with van der Waals surface area (Å²) >= 11 is 5.46. The zero-order valence-electron chi connectivity index (χ0n) is 16.9. The number of carbonyl (C=O) groups is 4. The minimum atomic E-state index is -1.37. The molecule has 29 heavy (non-hydrogen) atoms. The fourth-order valence-electron chi connectivity index (χ4n) is 2.21. The summed E-state index contributed by atoms with van der Waals surface area (Å²) in [6, 6.07) is -4.40. The Hall–Kier alpha value is -1.50. The SMILES string of the molecule is CCC(C)C(N)C(=O)NC(CS)C(=O)NC(CO)C(=O)NC(CCSC)C(=O)O. The molecule has 10 nitrogen and oxygen atoms in total. The molecule has 0 aliphatic heterocycles. The summed E-state index contributed by atoms with van der Waals surface area (Å²) in [5.74, 6) is -2.96. The van der Waals surface area contributed by atoms with Gasteiger partial charge in [-0.05, 0) is 24.3 Å². The first-order chi connectivity index (χ1) is 13.6. The number of hydrogen-bond donors (Lipinski definition) is 7. The van der Waals surface area contributed by atoms with E-state index in [4.69, 9.17) is 5.73 Å². The van der Waals surface area contributed by atoms with E-state index in [1.807, 2.05) is 13.8 Å². The number of rotatable bonds is 14. The van der Waals surface area contributed by atoms with Crippen molar-refractivity contribution in [2.24, 2.45) is 11.7 Å². The first-order valence-corrected chi connectivity index (χ1v) is 11.3. The Kier molecular flexibility index (Phi) is 13.7. The van der Waals surface area contributed by atoms with E-state index in [9.17, 15) is 29.4 Å². The number of aliphatic hydroxyl groups is 1. The Morgan fingerprint density at radius 1 is 1.03 bits per heavy atom. The molecule has 0 rings (SSSR count). The molecular weight excluding hydrogens is 420 g/mol. The minimum Gasteiger partial charge on any atom is -0.480 e. The molecule has 7 N–H and O–H groups in total. The van der Waals surface area contributed by atoms with E-state index in [0.29, 0.717) is 12.2 Å². The quantitative estimate of drug-likeness (QED) is 0.157. The molecule has 168 valence electrons. The van der Waals surface area contributed by atoms with Crippen LogP contribution in [0.3, 0.4) is 0 Å². The predicted molar refractivity (Wildman–Crippen MR) is 115 cm³/mol. The molecule has 5 unspecified atom stereocenters. The van der Waals surface area contributed by atoms with Crippen LogP contribution in [0.4, 0.5) is 0 Å². The topological polar surface area (TPSA) is 171 Å². The fourth-order valence-corrected chi connectivity index (χ4v) is 2.93. The van der Waals surface area contributed by atoms with Gasteiger partial charge in [-0.2, -0.15) is 24.4 Å². The first-order valence-electron chi connectivity index (χ1n) is 9.22. The number of thiol groups is 1. The van der Waals surface area contributed by atoms with Gasteiger partial charge in [-0.25, -0.2) is 4.79 Å². The molecule has 0 aromatic heterocycles. The lowest BCUT2D eigenvalue weighted by Crippen LogP contribution is -2.59. The molecule has 12 heteroatoms. The summed E-state index contributed by atoms with van der Waals surface area (Å²) in [4.78, 5) is 48.1. The number of carboxylic acid groups (broad SMARTS) is 1. The fraction of sp³-hybridized carbons (Fsp3) is 0.765. The standard InChI is InChI=1S/C17H32N4O6S2/c1-4-9(2)13(18)16(25)21-12(8-28)15(24)20-11(7-22)14(23)19-10(17(26)27)5-6-29-3/h9-13,22,28H,4-8,18H2,1-3H3,(H,19,23)(H,20,24)(H,21,25)(H,26,27). The van der Waals surface area contributed by atoms with Crippen LogP contribution in [0, 0.1) is 5.92 Å². The van der Waals surface area contributed by atoms with Crippen molar-refractivity contribution in [2.75, 3.05) is 24.4 Å². The molecule has 0 bridgehead atoms. The van der Waals surface area contributed by atoms with E-state index >= 15 is 0 Å². The summed E-state index contributed by atoms with van der Waals surface area (Å²) < 4.78 is 0. The van der Waals surface area contributed by atoms with E-state index in [0.717, 1.165) is 0 Å². The molecular formula is C17H32N4O6S2. The van der Waals surface area contributed by atoms with Gasteiger partial charge in [0.05, 0.1) is 12.6 Å². The molecule has 3 amide bonds. The summed E-state index contributed by atoms with van der Waals surface area (Å²) in [7, 11) is 0. The number of amides is 3. The number of carboxylic acids is 1. The van der Waals surface area contributed by atoms with Gasteiger partial charge in [-0.15, -0.1) is 0 Å². The third-order valence-electron chi connectivity index (χ3n) is 4.42. The van der Waals surface area contributed by atoms with Crippen LogP contribution in [0.2, 0.25) is 0 Å². The van der Waals surface area contributed by atoms with E-state index in [1.54, 1.807) is 6.26 Å². The number of aliphatic carboxylic acids is 1. The molecule has 0 spiro atoms. The van der Waals surface area contributed by atoms with Crippen LogP contribution < -0.4 is 21.7 Å². The van der Waals surface area contributed by atoms with Crippen molar-refractivity contribution in [1.29, 1.82) is 0 Å². The molecule has 5 atom stereocenters. The van der Waals surface area contributed by atoms with Crippen LogP contribution in [0.15, 0.2) is 0 Å². The average Bonchev–Trinajstić information content (AvgIpc) is 2.70. The second-order valence-electron chi connectivity index (χ2n) is 6.58. The highest BCUT2D eigenvalue weighted by atomic mass is 32.2. The van der Waals surface area contributed by atoms with Gasteiger partial charge >= 0.3 is 5.97 Å². The Morgan fingerprint density at radius 2 is 1.55 bits per heavy atom.